The fraction of sp³-hybridized carbons (Fsp3) is 0.200. The van der Waals surface area contributed by atoms with Crippen LogP contribution < -0.4 is 4.74 Å². The molecule has 2 aromatic carbocycles. The summed E-state index contributed by atoms with van der Waals surface area (Å²) in [6.45, 7) is 0. The van der Waals surface area contributed by atoms with Gasteiger partial charge in [-0.25, -0.2) is 13.2 Å². The zero-order valence-electron chi connectivity index (χ0n) is 10.7. The predicted octanol–water partition coefficient (Wildman–Crippen LogP) is 4.79. The van der Waals surface area contributed by atoms with Crippen molar-refractivity contribution in [3.05, 3.63) is 65.0 Å². The lowest BCUT2D eigenvalue weighted by atomic mass is 10.0. The molecule has 0 aromatic heterocycles. The van der Waals surface area contributed by atoms with Gasteiger partial charge in [-0.3, -0.25) is 0 Å². The molecule has 0 radical (unpaired) electrons. The Bertz CT molecular complexity index is 616. The van der Waals surface area contributed by atoms with Gasteiger partial charge < -0.3 is 4.74 Å². The molecule has 0 fully saturated rings. The van der Waals surface area contributed by atoms with E-state index in [0.717, 1.165) is 6.07 Å². The van der Waals surface area contributed by atoms with Crippen LogP contribution in [0.15, 0.2) is 36.4 Å². The van der Waals surface area contributed by atoms with E-state index in [1.54, 1.807) is 0 Å². The van der Waals surface area contributed by atoms with E-state index in [0.29, 0.717) is 16.9 Å². The molecular formula is C15H12BrF3O. The molecule has 106 valence electrons. The first-order valence-corrected chi connectivity index (χ1v) is 6.84. The second-order valence-electron chi connectivity index (χ2n) is 4.29. The maximum atomic E-state index is 13.6. The van der Waals surface area contributed by atoms with Crippen LogP contribution in [0.4, 0.5) is 13.2 Å². The van der Waals surface area contributed by atoms with E-state index in [1.165, 1.54) is 37.4 Å². The van der Waals surface area contributed by atoms with E-state index < -0.39 is 17.5 Å². The van der Waals surface area contributed by atoms with Crippen molar-refractivity contribution in [2.75, 3.05) is 7.11 Å². The fourth-order valence-electron chi connectivity index (χ4n) is 1.94. The van der Waals surface area contributed by atoms with Crippen LogP contribution in [0.3, 0.4) is 0 Å². The number of hydrogen-bond acceptors (Lipinski definition) is 1. The Labute approximate surface area is 123 Å². The molecule has 0 aliphatic heterocycles. The van der Waals surface area contributed by atoms with Crippen LogP contribution in [0.2, 0.25) is 0 Å². The second kappa shape index (κ2) is 6.31. The summed E-state index contributed by atoms with van der Waals surface area (Å²) in [5.41, 5.74) is 0.927. The van der Waals surface area contributed by atoms with E-state index in [2.05, 4.69) is 15.9 Å². The maximum Gasteiger partial charge on any atom is 0.129 e. The zero-order chi connectivity index (χ0) is 14.7. The zero-order valence-corrected chi connectivity index (χ0v) is 12.3. The number of ether oxygens (including phenoxy) is 1. The van der Waals surface area contributed by atoms with Crippen molar-refractivity contribution < 1.29 is 17.9 Å². The number of hydrogen-bond donors (Lipinski definition) is 0. The monoisotopic (exact) mass is 344 g/mol. The van der Waals surface area contributed by atoms with Crippen molar-refractivity contribution in [3.8, 4) is 5.75 Å². The lowest BCUT2D eigenvalue weighted by Gasteiger charge is -2.15. The Hall–Kier alpha value is -1.49. The summed E-state index contributed by atoms with van der Waals surface area (Å²) in [6, 6.07) is 7.55. The second-order valence-corrected chi connectivity index (χ2v) is 5.40. The molecule has 2 rings (SSSR count). The molecule has 0 spiro atoms. The fourth-order valence-corrected chi connectivity index (χ4v) is 2.65. The normalized spacial score (nSPS) is 12.2. The molecule has 0 bridgehead atoms. The van der Waals surface area contributed by atoms with Crippen molar-refractivity contribution in [2.45, 2.75) is 11.2 Å². The van der Waals surface area contributed by atoms with Gasteiger partial charge in [0.1, 0.15) is 23.2 Å². The minimum absolute atomic E-state index is 0.256. The largest absolute Gasteiger partial charge is 0.496 e. The predicted molar refractivity (Wildman–Crippen MR) is 74.7 cm³/mol. The lowest BCUT2D eigenvalue weighted by molar-refractivity contribution is 0.408. The molecule has 2 aromatic rings. The summed E-state index contributed by atoms with van der Waals surface area (Å²) >= 11 is 3.39. The van der Waals surface area contributed by atoms with E-state index >= 15 is 0 Å². The highest BCUT2D eigenvalue weighted by Gasteiger charge is 2.17. The summed E-state index contributed by atoms with van der Waals surface area (Å²) < 4.78 is 45.0. The van der Waals surface area contributed by atoms with Crippen LogP contribution in [0.1, 0.15) is 16.0 Å². The van der Waals surface area contributed by atoms with E-state index in [9.17, 15) is 13.2 Å². The molecule has 0 heterocycles. The van der Waals surface area contributed by atoms with Gasteiger partial charge in [-0.15, -0.1) is 0 Å². The highest BCUT2D eigenvalue weighted by Crippen LogP contribution is 2.34. The minimum Gasteiger partial charge on any atom is -0.496 e. The summed E-state index contributed by atoms with van der Waals surface area (Å²) in [6.07, 6.45) is 0.256. The van der Waals surface area contributed by atoms with E-state index in [-0.39, 0.29) is 11.2 Å². The van der Waals surface area contributed by atoms with Crippen molar-refractivity contribution >= 4 is 15.9 Å². The molecule has 0 aliphatic rings. The van der Waals surface area contributed by atoms with Gasteiger partial charge in [0.15, 0.2) is 0 Å². The number of alkyl halides is 1. The lowest BCUT2D eigenvalue weighted by Crippen LogP contribution is -2.01. The first kappa shape index (κ1) is 14.9. The molecule has 0 saturated heterocycles. The highest BCUT2D eigenvalue weighted by atomic mass is 79.9. The number of rotatable bonds is 4. The SMILES string of the molecule is COc1ccc(F)cc1C(Br)Cc1ccc(F)cc1F. The average Bonchev–Trinajstić information content (AvgIpc) is 2.41. The Morgan fingerprint density at radius 2 is 1.70 bits per heavy atom. The van der Waals surface area contributed by atoms with Crippen molar-refractivity contribution in [3.63, 3.8) is 0 Å². The van der Waals surface area contributed by atoms with Gasteiger partial charge in [0.25, 0.3) is 0 Å². The molecule has 1 atom stereocenters. The molecule has 1 nitrogen and oxygen atoms in total. The van der Waals surface area contributed by atoms with E-state index in [1.807, 2.05) is 0 Å². The molecule has 0 N–H and O–H groups in total. The van der Waals surface area contributed by atoms with Crippen LogP contribution in [-0.2, 0) is 6.42 Å². The van der Waals surface area contributed by atoms with Crippen molar-refractivity contribution in [1.29, 1.82) is 0 Å². The summed E-state index contributed by atoms with van der Waals surface area (Å²) in [5, 5.41) is 0. The summed E-state index contributed by atoms with van der Waals surface area (Å²) in [7, 11) is 1.48. The molecule has 0 saturated carbocycles. The van der Waals surface area contributed by atoms with Crippen molar-refractivity contribution in [2.24, 2.45) is 0 Å². The third kappa shape index (κ3) is 3.33. The highest BCUT2D eigenvalue weighted by molar-refractivity contribution is 9.09. The molecular weight excluding hydrogens is 333 g/mol. The Balaban J connectivity index is 2.27. The third-order valence-corrected chi connectivity index (χ3v) is 3.76. The van der Waals surface area contributed by atoms with Crippen molar-refractivity contribution in [1.82, 2.24) is 0 Å². The van der Waals surface area contributed by atoms with Crippen LogP contribution >= 0.6 is 15.9 Å². The van der Waals surface area contributed by atoms with Crippen LogP contribution in [-0.4, -0.2) is 7.11 Å². The first-order valence-electron chi connectivity index (χ1n) is 5.92. The van der Waals surface area contributed by atoms with Gasteiger partial charge in [0.2, 0.25) is 0 Å². The van der Waals surface area contributed by atoms with Gasteiger partial charge in [-0.1, -0.05) is 22.0 Å². The van der Waals surface area contributed by atoms with Gasteiger partial charge in [0, 0.05) is 16.5 Å². The van der Waals surface area contributed by atoms with Gasteiger partial charge in [0.05, 0.1) is 7.11 Å². The molecule has 0 aliphatic carbocycles. The number of methoxy groups -OCH3 is 1. The average molecular weight is 345 g/mol. The molecule has 0 amide bonds. The topological polar surface area (TPSA) is 9.23 Å². The quantitative estimate of drug-likeness (QED) is 0.724. The van der Waals surface area contributed by atoms with Gasteiger partial charge in [-0.2, -0.15) is 0 Å². The summed E-state index contributed by atoms with van der Waals surface area (Å²) in [4.78, 5) is -0.340. The Morgan fingerprint density at radius 3 is 2.35 bits per heavy atom. The number of halogens is 4. The first-order chi connectivity index (χ1) is 9.51. The molecule has 5 heteroatoms. The Kier molecular flexibility index (Phi) is 4.70. The maximum absolute atomic E-state index is 13.6. The van der Waals surface area contributed by atoms with Gasteiger partial charge in [-0.05, 0) is 36.2 Å². The standard InChI is InChI=1S/C15H12BrF3O/c1-20-15-5-4-10(17)7-12(15)13(16)6-9-2-3-11(18)8-14(9)19/h2-5,7-8,13H,6H2,1H3. The molecule has 1 unspecified atom stereocenters. The van der Waals surface area contributed by atoms with Gasteiger partial charge >= 0.3 is 0 Å². The van der Waals surface area contributed by atoms with Crippen LogP contribution in [0.5, 0.6) is 5.75 Å². The summed E-state index contributed by atoms with van der Waals surface area (Å²) in [5.74, 6) is -1.13. The number of benzene rings is 2. The van der Waals surface area contributed by atoms with Crippen LogP contribution in [0, 0.1) is 17.5 Å². The third-order valence-electron chi connectivity index (χ3n) is 2.94. The smallest absolute Gasteiger partial charge is 0.129 e. The van der Waals surface area contributed by atoms with E-state index in [4.69, 9.17) is 4.74 Å². The molecule has 20 heavy (non-hydrogen) atoms. The minimum atomic E-state index is -0.624. The van der Waals surface area contributed by atoms with Crippen LogP contribution in [0.25, 0.3) is 0 Å². The Morgan fingerprint density at radius 1 is 1.05 bits per heavy atom.